The Bertz CT molecular complexity index is 654. The van der Waals surface area contributed by atoms with Crippen LogP contribution in [0.15, 0.2) is 6.20 Å². The predicted molar refractivity (Wildman–Crippen MR) is 88.8 cm³/mol. The fourth-order valence-electron chi connectivity index (χ4n) is 2.65. The molecule has 0 atom stereocenters. The molecule has 0 spiro atoms. The Morgan fingerprint density at radius 2 is 2.22 bits per heavy atom. The van der Waals surface area contributed by atoms with Crippen LogP contribution in [-0.2, 0) is 6.42 Å². The van der Waals surface area contributed by atoms with Gasteiger partial charge in [0.2, 0.25) is 0 Å². The molecule has 23 heavy (non-hydrogen) atoms. The van der Waals surface area contributed by atoms with Crippen LogP contribution in [0.25, 0.3) is 0 Å². The minimum Gasteiger partial charge on any atom is -0.350 e. The van der Waals surface area contributed by atoms with Gasteiger partial charge in [0.15, 0.2) is 5.69 Å². The molecular formula is C15H22N6OS. The Balaban J connectivity index is 1.51. The Kier molecular flexibility index (Phi) is 5.02. The summed E-state index contributed by atoms with van der Waals surface area (Å²) >= 11 is 1.68. The average Bonchev–Trinajstić information content (AvgIpc) is 3.16. The maximum atomic E-state index is 12.1. The number of rotatable bonds is 5. The van der Waals surface area contributed by atoms with Gasteiger partial charge in [0.25, 0.3) is 5.91 Å². The van der Waals surface area contributed by atoms with Crippen LogP contribution in [0, 0.1) is 13.8 Å². The van der Waals surface area contributed by atoms with E-state index in [1.807, 2.05) is 11.6 Å². The summed E-state index contributed by atoms with van der Waals surface area (Å²) in [6.45, 7) is 6.60. The second-order valence-electron chi connectivity index (χ2n) is 5.82. The molecule has 2 aromatic rings. The van der Waals surface area contributed by atoms with Crippen LogP contribution in [0.2, 0.25) is 0 Å². The van der Waals surface area contributed by atoms with E-state index in [0.717, 1.165) is 43.1 Å². The number of carbonyl (C=O) groups is 1. The zero-order valence-electron chi connectivity index (χ0n) is 13.5. The minimum absolute atomic E-state index is 0.171. The van der Waals surface area contributed by atoms with E-state index in [4.69, 9.17) is 0 Å². The highest BCUT2D eigenvalue weighted by Crippen LogP contribution is 2.17. The smallest absolute Gasteiger partial charge is 0.273 e. The molecule has 0 aromatic carbocycles. The van der Waals surface area contributed by atoms with Crippen LogP contribution in [0.4, 0.5) is 0 Å². The summed E-state index contributed by atoms with van der Waals surface area (Å²) in [6.07, 6.45) is 4.54. The maximum absolute atomic E-state index is 12.1. The maximum Gasteiger partial charge on any atom is 0.273 e. The van der Waals surface area contributed by atoms with Crippen LogP contribution in [0.5, 0.6) is 0 Å². The van der Waals surface area contributed by atoms with Gasteiger partial charge in [-0.25, -0.2) is 9.67 Å². The topological polar surface area (TPSA) is 84.7 Å². The second kappa shape index (κ2) is 7.18. The van der Waals surface area contributed by atoms with Gasteiger partial charge in [-0.05, 0) is 39.8 Å². The molecule has 1 saturated heterocycles. The summed E-state index contributed by atoms with van der Waals surface area (Å²) in [5.74, 6) is -0.171. The van der Waals surface area contributed by atoms with Gasteiger partial charge in [0.1, 0.15) is 0 Å². The standard InChI is InChI=1S/C15H22N6OS/c1-10-11(2)23-14(18-10)5-8-17-15(22)13-9-21(20-19-13)12-3-6-16-7-4-12/h9,12,16H,3-8H2,1-2H3,(H,17,22). The van der Waals surface area contributed by atoms with Gasteiger partial charge in [0, 0.05) is 17.8 Å². The van der Waals surface area contributed by atoms with Crippen molar-refractivity contribution in [2.75, 3.05) is 19.6 Å². The van der Waals surface area contributed by atoms with Crippen molar-refractivity contribution in [3.05, 3.63) is 27.5 Å². The Morgan fingerprint density at radius 3 is 2.91 bits per heavy atom. The molecule has 2 aromatic heterocycles. The molecule has 0 aliphatic carbocycles. The third-order valence-electron chi connectivity index (χ3n) is 4.12. The van der Waals surface area contributed by atoms with E-state index in [-0.39, 0.29) is 5.91 Å². The number of hydrogen-bond acceptors (Lipinski definition) is 6. The lowest BCUT2D eigenvalue weighted by atomic mass is 10.1. The molecule has 7 nitrogen and oxygen atoms in total. The lowest BCUT2D eigenvalue weighted by molar-refractivity contribution is 0.0949. The first-order valence-electron chi connectivity index (χ1n) is 7.97. The molecule has 0 bridgehead atoms. The van der Waals surface area contributed by atoms with Crippen molar-refractivity contribution in [2.24, 2.45) is 0 Å². The minimum atomic E-state index is -0.171. The molecule has 0 unspecified atom stereocenters. The van der Waals surface area contributed by atoms with Crippen molar-refractivity contribution >= 4 is 17.2 Å². The molecule has 0 radical (unpaired) electrons. The molecule has 1 aliphatic heterocycles. The van der Waals surface area contributed by atoms with E-state index in [9.17, 15) is 4.79 Å². The van der Waals surface area contributed by atoms with Gasteiger partial charge in [-0.2, -0.15) is 0 Å². The molecule has 1 fully saturated rings. The van der Waals surface area contributed by atoms with Gasteiger partial charge in [-0.1, -0.05) is 5.21 Å². The number of aryl methyl sites for hydroxylation is 2. The third-order valence-corrected chi connectivity index (χ3v) is 5.26. The van der Waals surface area contributed by atoms with Crippen LogP contribution >= 0.6 is 11.3 Å². The summed E-state index contributed by atoms with van der Waals surface area (Å²) in [4.78, 5) is 17.9. The first-order valence-corrected chi connectivity index (χ1v) is 8.79. The monoisotopic (exact) mass is 334 g/mol. The number of carbonyl (C=O) groups excluding carboxylic acids is 1. The van der Waals surface area contributed by atoms with E-state index >= 15 is 0 Å². The second-order valence-corrected chi connectivity index (χ2v) is 7.11. The van der Waals surface area contributed by atoms with Crippen molar-refractivity contribution in [1.29, 1.82) is 0 Å². The number of thiazole rings is 1. The fraction of sp³-hybridized carbons (Fsp3) is 0.600. The van der Waals surface area contributed by atoms with Crippen molar-refractivity contribution in [3.63, 3.8) is 0 Å². The molecule has 3 rings (SSSR count). The molecule has 1 amide bonds. The Morgan fingerprint density at radius 1 is 1.43 bits per heavy atom. The summed E-state index contributed by atoms with van der Waals surface area (Å²) in [6, 6.07) is 0.339. The molecule has 124 valence electrons. The van der Waals surface area contributed by atoms with E-state index in [0.29, 0.717) is 18.3 Å². The molecule has 8 heteroatoms. The van der Waals surface area contributed by atoms with E-state index < -0.39 is 0 Å². The van der Waals surface area contributed by atoms with Crippen LogP contribution in [0.3, 0.4) is 0 Å². The number of aromatic nitrogens is 4. The Labute approximate surface area is 139 Å². The highest BCUT2D eigenvalue weighted by molar-refractivity contribution is 7.11. The summed E-state index contributed by atoms with van der Waals surface area (Å²) in [7, 11) is 0. The first kappa shape index (κ1) is 16.1. The molecule has 1 aliphatic rings. The number of piperidine rings is 1. The van der Waals surface area contributed by atoms with Gasteiger partial charge in [-0.15, -0.1) is 16.4 Å². The number of nitrogens with zero attached hydrogens (tertiary/aromatic N) is 4. The summed E-state index contributed by atoms with van der Waals surface area (Å²) in [5, 5.41) is 15.4. The first-order chi connectivity index (χ1) is 11.1. The average molecular weight is 334 g/mol. The quantitative estimate of drug-likeness (QED) is 0.859. The highest BCUT2D eigenvalue weighted by Gasteiger charge is 2.18. The SMILES string of the molecule is Cc1nc(CCNC(=O)c2cn(C3CCNCC3)nn2)sc1C. The van der Waals surface area contributed by atoms with Gasteiger partial charge >= 0.3 is 0 Å². The molecule has 2 N–H and O–H groups in total. The third kappa shape index (κ3) is 3.94. The van der Waals surface area contributed by atoms with Crippen molar-refractivity contribution in [2.45, 2.75) is 39.2 Å². The predicted octanol–water partition coefficient (Wildman–Crippen LogP) is 1.25. The van der Waals surface area contributed by atoms with Crippen LogP contribution in [-0.4, -0.2) is 45.5 Å². The summed E-state index contributed by atoms with van der Waals surface area (Å²) in [5.41, 5.74) is 1.45. The molecular weight excluding hydrogens is 312 g/mol. The van der Waals surface area contributed by atoms with E-state index in [1.165, 1.54) is 4.88 Å². The summed E-state index contributed by atoms with van der Waals surface area (Å²) < 4.78 is 1.82. The van der Waals surface area contributed by atoms with Crippen molar-refractivity contribution in [3.8, 4) is 0 Å². The van der Waals surface area contributed by atoms with Gasteiger partial charge in [-0.3, -0.25) is 4.79 Å². The number of amides is 1. The van der Waals surface area contributed by atoms with Gasteiger partial charge in [0.05, 0.1) is 22.9 Å². The van der Waals surface area contributed by atoms with Crippen molar-refractivity contribution < 1.29 is 4.79 Å². The van der Waals surface area contributed by atoms with Crippen molar-refractivity contribution in [1.82, 2.24) is 30.6 Å². The fourth-order valence-corrected chi connectivity index (χ4v) is 3.58. The highest BCUT2D eigenvalue weighted by atomic mass is 32.1. The molecule has 0 saturated carbocycles. The van der Waals surface area contributed by atoms with Crippen LogP contribution in [0.1, 0.15) is 45.0 Å². The normalized spacial score (nSPS) is 15.7. The largest absolute Gasteiger partial charge is 0.350 e. The lowest BCUT2D eigenvalue weighted by Crippen LogP contribution is -2.29. The number of hydrogen-bond donors (Lipinski definition) is 2. The van der Waals surface area contributed by atoms with E-state index in [2.05, 4.69) is 32.9 Å². The lowest BCUT2D eigenvalue weighted by Gasteiger charge is -2.22. The number of nitrogens with one attached hydrogen (secondary N) is 2. The zero-order chi connectivity index (χ0) is 16.2. The Hall–Kier alpha value is -1.80. The van der Waals surface area contributed by atoms with Crippen LogP contribution < -0.4 is 10.6 Å². The van der Waals surface area contributed by atoms with Gasteiger partial charge < -0.3 is 10.6 Å². The molecule has 3 heterocycles. The van der Waals surface area contributed by atoms with E-state index in [1.54, 1.807) is 17.5 Å². The zero-order valence-corrected chi connectivity index (χ0v) is 14.3.